The summed E-state index contributed by atoms with van der Waals surface area (Å²) in [6.07, 6.45) is 0.539. The predicted molar refractivity (Wildman–Crippen MR) is 71.1 cm³/mol. The van der Waals surface area contributed by atoms with Crippen LogP contribution >= 0.6 is 0 Å². The van der Waals surface area contributed by atoms with Crippen LogP contribution in [0.1, 0.15) is 6.42 Å². The van der Waals surface area contributed by atoms with Gasteiger partial charge in [0.15, 0.2) is 0 Å². The summed E-state index contributed by atoms with van der Waals surface area (Å²) in [7, 11) is 1.77. The molecule has 6 heteroatoms. The van der Waals surface area contributed by atoms with Crippen LogP contribution in [0.5, 0.6) is 0 Å². The average molecular weight is 258 g/mol. The van der Waals surface area contributed by atoms with Gasteiger partial charge in [0, 0.05) is 31.6 Å². The topological polar surface area (TPSA) is 75.6 Å². The van der Waals surface area contributed by atoms with E-state index in [0.717, 1.165) is 11.3 Å². The van der Waals surface area contributed by atoms with Crippen LogP contribution in [0.15, 0.2) is 34.9 Å². The Bertz CT molecular complexity index is 623. The second-order valence-corrected chi connectivity index (χ2v) is 4.46. The molecule has 1 aromatic carbocycles. The Morgan fingerprint density at radius 3 is 2.84 bits per heavy atom. The van der Waals surface area contributed by atoms with Crippen LogP contribution in [0.3, 0.4) is 0 Å². The highest BCUT2D eigenvalue weighted by Gasteiger charge is 2.25. The summed E-state index contributed by atoms with van der Waals surface area (Å²) >= 11 is 0. The van der Waals surface area contributed by atoms with E-state index in [1.165, 1.54) is 0 Å². The minimum Gasteiger partial charge on any atom is -0.368 e. The molecular weight excluding hydrogens is 244 g/mol. The van der Waals surface area contributed by atoms with E-state index in [4.69, 9.17) is 10.3 Å². The first-order valence-electron chi connectivity index (χ1n) is 6.02. The highest BCUT2D eigenvalue weighted by atomic mass is 16.5. The van der Waals surface area contributed by atoms with Gasteiger partial charge in [0.1, 0.15) is 5.69 Å². The van der Waals surface area contributed by atoms with Crippen LogP contribution in [0, 0.1) is 0 Å². The molecule has 1 aliphatic heterocycles. The summed E-state index contributed by atoms with van der Waals surface area (Å²) in [6.45, 7) is 0.694. The summed E-state index contributed by atoms with van der Waals surface area (Å²) in [5.41, 5.74) is 8.07. The van der Waals surface area contributed by atoms with Crippen molar-refractivity contribution in [1.82, 2.24) is 10.2 Å². The second kappa shape index (κ2) is 4.31. The highest BCUT2D eigenvalue weighted by Crippen LogP contribution is 2.27. The minimum atomic E-state index is 0.121. The predicted octanol–water partition coefficient (Wildman–Crippen LogP) is 1.51. The molecule has 2 aromatic rings. The first kappa shape index (κ1) is 11.6. The Morgan fingerprint density at radius 1 is 1.37 bits per heavy atom. The van der Waals surface area contributed by atoms with Crippen LogP contribution in [-0.2, 0) is 4.79 Å². The lowest BCUT2D eigenvalue weighted by molar-refractivity contribution is -0.126. The number of hydrogen-bond donors (Lipinski definition) is 1. The summed E-state index contributed by atoms with van der Waals surface area (Å²) < 4.78 is 4.87. The van der Waals surface area contributed by atoms with Crippen LogP contribution in [-0.4, -0.2) is 29.7 Å². The number of amides is 1. The van der Waals surface area contributed by atoms with E-state index < -0.39 is 0 Å². The number of hydrogen-bond acceptors (Lipinski definition) is 5. The normalized spacial score (nSPS) is 15.3. The first-order valence-corrected chi connectivity index (χ1v) is 6.02. The number of carbonyl (C=O) groups excluding carboxylic acids is 1. The molecule has 3 rings (SSSR count). The number of hydrazine groups is 1. The Labute approximate surface area is 110 Å². The number of aromatic nitrogens is 1. The third-order valence-corrected chi connectivity index (χ3v) is 3.23. The zero-order valence-corrected chi connectivity index (χ0v) is 10.5. The fourth-order valence-corrected chi connectivity index (χ4v) is 2.20. The van der Waals surface area contributed by atoms with Gasteiger partial charge in [0.05, 0.1) is 5.69 Å². The molecule has 0 atom stereocenters. The van der Waals surface area contributed by atoms with Gasteiger partial charge in [0.2, 0.25) is 11.8 Å². The van der Waals surface area contributed by atoms with Crippen LogP contribution < -0.4 is 10.7 Å². The number of rotatable bonds is 2. The van der Waals surface area contributed by atoms with E-state index in [1.54, 1.807) is 18.1 Å². The van der Waals surface area contributed by atoms with Crippen LogP contribution in [0.25, 0.3) is 11.3 Å². The molecule has 2 heterocycles. The lowest BCUT2D eigenvalue weighted by Gasteiger charge is -2.26. The van der Waals surface area contributed by atoms with Crippen molar-refractivity contribution in [2.45, 2.75) is 6.42 Å². The molecule has 0 radical (unpaired) electrons. The van der Waals surface area contributed by atoms with Crippen molar-refractivity contribution in [3.63, 3.8) is 0 Å². The highest BCUT2D eigenvalue weighted by molar-refractivity contribution is 5.82. The third-order valence-electron chi connectivity index (χ3n) is 3.23. The van der Waals surface area contributed by atoms with Crippen molar-refractivity contribution in [2.24, 2.45) is 0 Å². The molecule has 2 N–H and O–H groups in total. The molecule has 1 fully saturated rings. The number of nitrogens with two attached hydrogens (primary N) is 1. The second-order valence-electron chi connectivity index (χ2n) is 4.46. The van der Waals surface area contributed by atoms with Crippen molar-refractivity contribution in [3.05, 3.63) is 30.3 Å². The van der Waals surface area contributed by atoms with Gasteiger partial charge in [-0.25, -0.2) is 0 Å². The summed E-state index contributed by atoms with van der Waals surface area (Å²) in [4.78, 5) is 11.6. The number of nitrogen functional groups attached to an aromatic ring is 1. The zero-order valence-electron chi connectivity index (χ0n) is 10.5. The van der Waals surface area contributed by atoms with Gasteiger partial charge in [0.25, 0.3) is 0 Å². The molecule has 1 aromatic heterocycles. The molecule has 0 spiro atoms. The number of anilines is 2. The van der Waals surface area contributed by atoms with E-state index in [-0.39, 0.29) is 11.8 Å². The summed E-state index contributed by atoms with van der Waals surface area (Å²) in [6, 6.07) is 9.46. The largest absolute Gasteiger partial charge is 0.368 e. The Hall–Kier alpha value is -2.50. The molecule has 0 bridgehead atoms. The van der Waals surface area contributed by atoms with Crippen molar-refractivity contribution >= 4 is 17.5 Å². The zero-order chi connectivity index (χ0) is 13.4. The van der Waals surface area contributed by atoms with E-state index >= 15 is 0 Å². The molecule has 0 aliphatic carbocycles. The fraction of sp³-hybridized carbons (Fsp3) is 0.231. The van der Waals surface area contributed by atoms with E-state index in [0.29, 0.717) is 18.7 Å². The quantitative estimate of drug-likeness (QED) is 0.883. The Morgan fingerprint density at radius 2 is 2.21 bits per heavy atom. The van der Waals surface area contributed by atoms with Gasteiger partial charge < -0.3 is 10.3 Å². The lowest BCUT2D eigenvalue weighted by atomic mass is 10.1. The van der Waals surface area contributed by atoms with Gasteiger partial charge in [-0.3, -0.25) is 14.8 Å². The van der Waals surface area contributed by atoms with Crippen molar-refractivity contribution in [2.75, 3.05) is 24.3 Å². The van der Waals surface area contributed by atoms with Crippen molar-refractivity contribution < 1.29 is 9.32 Å². The molecule has 0 unspecified atom stereocenters. The average Bonchev–Trinajstić information content (AvgIpc) is 2.98. The molecule has 0 saturated carbocycles. The molecule has 1 saturated heterocycles. The van der Waals surface area contributed by atoms with Crippen LogP contribution in [0.4, 0.5) is 11.6 Å². The SMILES string of the molecule is CN1C(=O)CCN1c1cccc(-c2cc(N)on2)c1. The van der Waals surface area contributed by atoms with Gasteiger partial charge in [-0.2, -0.15) is 0 Å². The molecule has 19 heavy (non-hydrogen) atoms. The maximum absolute atomic E-state index is 11.6. The number of nitrogens with zero attached hydrogens (tertiary/aromatic N) is 3. The van der Waals surface area contributed by atoms with E-state index in [2.05, 4.69) is 5.16 Å². The maximum Gasteiger partial charge on any atom is 0.242 e. The molecular formula is C13H14N4O2. The maximum atomic E-state index is 11.6. The van der Waals surface area contributed by atoms with Gasteiger partial charge in [-0.05, 0) is 12.1 Å². The van der Waals surface area contributed by atoms with Crippen molar-refractivity contribution in [3.8, 4) is 11.3 Å². The smallest absolute Gasteiger partial charge is 0.242 e. The summed E-state index contributed by atoms with van der Waals surface area (Å²) in [5.74, 6) is 0.407. The monoisotopic (exact) mass is 258 g/mol. The third kappa shape index (κ3) is 2.01. The van der Waals surface area contributed by atoms with E-state index in [1.807, 2.05) is 29.3 Å². The molecule has 1 aliphatic rings. The Kier molecular flexibility index (Phi) is 2.63. The van der Waals surface area contributed by atoms with Gasteiger partial charge >= 0.3 is 0 Å². The fourth-order valence-electron chi connectivity index (χ4n) is 2.20. The lowest BCUT2D eigenvalue weighted by Crippen LogP contribution is -2.35. The van der Waals surface area contributed by atoms with Crippen LogP contribution in [0.2, 0.25) is 0 Å². The molecule has 6 nitrogen and oxygen atoms in total. The minimum absolute atomic E-state index is 0.121. The molecule has 98 valence electrons. The Balaban J connectivity index is 1.94. The standard InChI is InChI=1S/C13H14N4O2/c1-16-13(18)5-6-17(16)10-4-2-3-9(7-10)11-8-12(14)19-15-11/h2-4,7-8H,5-6,14H2,1H3. The van der Waals surface area contributed by atoms with Gasteiger partial charge in [-0.1, -0.05) is 17.3 Å². The summed E-state index contributed by atoms with van der Waals surface area (Å²) in [5, 5.41) is 7.46. The number of benzene rings is 1. The number of carbonyl (C=O) groups is 1. The van der Waals surface area contributed by atoms with Gasteiger partial charge in [-0.15, -0.1) is 0 Å². The molecule has 1 amide bonds. The van der Waals surface area contributed by atoms with Crippen molar-refractivity contribution in [1.29, 1.82) is 0 Å². The van der Waals surface area contributed by atoms with E-state index in [9.17, 15) is 4.79 Å². The first-order chi connectivity index (χ1) is 9.15.